The molecular formula is C33H31F3N2O5. The molecule has 1 unspecified atom stereocenters. The Kier molecular flexibility index (Phi) is 7.20. The maximum atomic E-state index is 15.4. The molecule has 1 atom stereocenters. The molecule has 2 aliphatic rings. The number of rotatable bonds is 6. The van der Waals surface area contributed by atoms with E-state index in [1.54, 1.807) is 4.57 Å². The first-order valence-electron chi connectivity index (χ1n) is 14.0. The number of hydrogen-bond donors (Lipinski definition) is 0. The van der Waals surface area contributed by atoms with Gasteiger partial charge in [-0.2, -0.15) is 0 Å². The first-order valence-corrected chi connectivity index (χ1v) is 14.0. The quantitative estimate of drug-likeness (QED) is 0.260. The van der Waals surface area contributed by atoms with Crippen LogP contribution in [-0.2, 0) is 36.7 Å². The summed E-state index contributed by atoms with van der Waals surface area (Å²) in [4.78, 5) is 26.9. The van der Waals surface area contributed by atoms with Gasteiger partial charge in [0.05, 0.1) is 25.7 Å². The summed E-state index contributed by atoms with van der Waals surface area (Å²) in [5, 5.41) is 0.527. The van der Waals surface area contributed by atoms with Crippen LogP contribution in [0.15, 0.2) is 60.7 Å². The van der Waals surface area contributed by atoms with Gasteiger partial charge in [-0.3, -0.25) is 9.59 Å². The van der Waals surface area contributed by atoms with Crippen molar-refractivity contribution in [2.75, 3.05) is 26.8 Å². The van der Waals surface area contributed by atoms with Gasteiger partial charge in [-0.1, -0.05) is 44.2 Å². The number of halogens is 3. The minimum atomic E-state index is -1.14. The van der Waals surface area contributed by atoms with E-state index in [4.69, 9.17) is 14.2 Å². The van der Waals surface area contributed by atoms with Crippen LogP contribution in [0.2, 0.25) is 0 Å². The Morgan fingerprint density at radius 3 is 2.49 bits per heavy atom. The number of carbonyl (C=O) groups excluding carboxylic acids is 2. The molecule has 1 spiro atoms. The number of ether oxygens (including phenoxy) is 3. The van der Waals surface area contributed by atoms with Gasteiger partial charge < -0.3 is 23.7 Å². The van der Waals surface area contributed by atoms with Crippen molar-refractivity contribution >= 4 is 22.8 Å². The SMILES string of the molecule is COC(=O)CN1CCC2(CC1=O)OCC(C)(C)c1c2c2c(OCc3ccccc3)cc(F)cc2n1-c1ccc(F)c(F)c1. The van der Waals surface area contributed by atoms with Gasteiger partial charge in [0, 0.05) is 46.4 Å². The van der Waals surface area contributed by atoms with Gasteiger partial charge in [0.1, 0.15) is 30.3 Å². The van der Waals surface area contributed by atoms with E-state index in [2.05, 4.69) is 0 Å². The molecule has 43 heavy (non-hydrogen) atoms. The highest BCUT2D eigenvalue weighted by molar-refractivity contribution is 5.95. The number of likely N-dealkylation sites (tertiary alicyclic amines) is 1. The molecule has 0 bridgehead atoms. The molecule has 0 radical (unpaired) electrons. The summed E-state index contributed by atoms with van der Waals surface area (Å²) in [6, 6.07) is 15.6. The van der Waals surface area contributed by atoms with Crippen LogP contribution in [-0.4, -0.2) is 48.1 Å². The highest BCUT2D eigenvalue weighted by atomic mass is 19.2. The highest BCUT2D eigenvalue weighted by Gasteiger charge is 2.52. The fourth-order valence-electron chi connectivity index (χ4n) is 6.24. The van der Waals surface area contributed by atoms with Gasteiger partial charge in [-0.25, -0.2) is 13.2 Å². The lowest BCUT2D eigenvalue weighted by Gasteiger charge is -2.47. The van der Waals surface area contributed by atoms with Crippen LogP contribution in [0.4, 0.5) is 13.2 Å². The summed E-state index contributed by atoms with van der Waals surface area (Å²) in [5.74, 6) is -3.22. The predicted octanol–water partition coefficient (Wildman–Crippen LogP) is 5.93. The number of methoxy groups -OCH3 is 1. The van der Waals surface area contributed by atoms with E-state index in [0.717, 1.165) is 17.7 Å². The maximum Gasteiger partial charge on any atom is 0.325 e. The number of piperidine rings is 1. The minimum absolute atomic E-state index is 0.0839. The number of hydrogen-bond acceptors (Lipinski definition) is 5. The Labute approximate surface area is 246 Å². The van der Waals surface area contributed by atoms with E-state index in [1.165, 1.54) is 30.2 Å². The first kappa shape index (κ1) is 28.8. The lowest BCUT2D eigenvalue weighted by molar-refractivity contribution is -0.162. The third-order valence-corrected chi connectivity index (χ3v) is 8.32. The molecule has 1 aromatic heterocycles. The predicted molar refractivity (Wildman–Crippen MR) is 152 cm³/mol. The first-order chi connectivity index (χ1) is 20.5. The zero-order chi connectivity index (χ0) is 30.5. The molecule has 10 heteroatoms. The fraction of sp³-hybridized carbons (Fsp3) is 0.333. The summed E-state index contributed by atoms with van der Waals surface area (Å²) in [6.45, 7) is 4.27. The average molecular weight is 593 g/mol. The normalized spacial score (nSPS) is 19.5. The van der Waals surface area contributed by atoms with Crippen molar-refractivity contribution in [3.05, 3.63) is 94.9 Å². The summed E-state index contributed by atoms with van der Waals surface area (Å²) in [6.07, 6.45) is 0.255. The molecule has 0 N–H and O–H groups in total. The third-order valence-electron chi connectivity index (χ3n) is 8.32. The Balaban J connectivity index is 1.60. The Bertz CT molecular complexity index is 1740. The van der Waals surface area contributed by atoms with E-state index in [-0.39, 0.29) is 44.4 Å². The molecule has 3 heterocycles. The van der Waals surface area contributed by atoms with Crippen LogP contribution in [0.1, 0.15) is 43.5 Å². The van der Waals surface area contributed by atoms with E-state index in [9.17, 15) is 18.4 Å². The maximum absolute atomic E-state index is 15.4. The molecule has 1 amide bonds. The van der Waals surface area contributed by atoms with E-state index in [0.29, 0.717) is 34.3 Å². The highest BCUT2D eigenvalue weighted by Crippen LogP contribution is 2.54. The second kappa shape index (κ2) is 10.8. The summed E-state index contributed by atoms with van der Waals surface area (Å²) in [5.41, 5.74) is 1.03. The molecule has 2 aliphatic heterocycles. The van der Waals surface area contributed by atoms with Crippen LogP contribution in [0.5, 0.6) is 5.75 Å². The van der Waals surface area contributed by atoms with Gasteiger partial charge >= 0.3 is 5.97 Å². The average Bonchev–Trinajstić information content (AvgIpc) is 3.35. The van der Waals surface area contributed by atoms with Gasteiger partial charge in [-0.05, 0) is 30.2 Å². The molecular weight excluding hydrogens is 561 g/mol. The topological polar surface area (TPSA) is 70.0 Å². The second-order valence-electron chi connectivity index (χ2n) is 11.7. The number of benzene rings is 3. The Morgan fingerprint density at radius 2 is 1.79 bits per heavy atom. The summed E-state index contributed by atoms with van der Waals surface area (Å²) < 4.78 is 63.4. The summed E-state index contributed by atoms with van der Waals surface area (Å²) in [7, 11) is 1.26. The van der Waals surface area contributed by atoms with E-state index < -0.39 is 34.4 Å². The lowest BCUT2D eigenvalue weighted by Crippen LogP contribution is -2.53. The van der Waals surface area contributed by atoms with E-state index in [1.807, 2.05) is 44.2 Å². The molecule has 6 rings (SSSR count). The molecule has 4 aromatic rings. The summed E-state index contributed by atoms with van der Waals surface area (Å²) >= 11 is 0. The van der Waals surface area contributed by atoms with Crippen molar-refractivity contribution in [2.45, 2.75) is 44.3 Å². The molecule has 3 aromatic carbocycles. The van der Waals surface area contributed by atoms with Crippen molar-refractivity contribution in [1.82, 2.24) is 9.47 Å². The molecule has 1 saturated heterocycles. The number of esters is 1. The number of aromatic nitrogens is 1. The molecule has 1 fully saturated rings. The Morgan fingerprint density at radius 1 is 1.02 bits per heavy atom. The molecule has 0 aliphatic carbocycles. The Hall–Kier alpha value is -4.31. The zero-order valence-corrected chi connectivity index (χ0v) is 24.1. The van der Waals surface area contributed by atoms with Gasteiger partial charge in [0.25, 0.3) is 0 Å². The molecule has 0 saturated carbocycles. The lowest BCUT2D eigenvalue weighted by atomic mass is 9.73. The van der Waals surface area contributed by atoms with Crippen molar-refractivity contribution in [2.24, 2.45) is 0 Å². The van der Waals surface area contributed by atoms with Crippen molar-refractivity contribution < 1.29 is 37.0 Å². The van der Waals surface area contributed by atoms with Crippen molar-refractivity contribution in [3.63, 3.8) is 0 Å². The monoisotopic (exact) mass is 592 g/mol. The molecule has 7 nitrogen and oxygen atoms in total. The van der Waals surface area contributed by atoms with Crippen LogP contribution in [0.3, 0.4) is 0 Å². The minimum Gasteiger partial charge on any atom is -0.488 e. The third kappa shape index (κ3) is 5.03. The molecule has 224 valence electrons. The number of carbonyl (C=O) groups is 2. The number of fused-ring (bicyclic) bond motifs is 4. The van der Waals surface area contributed by atoms with Crippen LogP contribution in [0, 0.1) is 17.5 Å². The number of nitrogens with zero attached hydrogens (tertiary/aromatic N) is 2. The zero-order valence-electron chi connectivity index (χ0n) is 24.1. The smallest absolute Gasteiger partial charge is 0.325 e. The van der Waals surface area contributed by atoms with Crippen molar-refractivity contribution in [1.29, 1.82) is 0 Å². The van der Waals surface area contributed by atoms with Crippen LogP contribution in [0.25, 0.3) is 16.6 Å². The van der Waals surface area contributed by atoms with Gasteiger partial charge in [0.15, 0.2) is 11.6 Å². The van der Waals surface area contributed by atoms with Crippen LogP contribution < -0.4 is 4.74 Å². The van der Waals surface area contributed by atoms with Gasteiger partial charge in [-0.15, -0.1) is 0 Å². The number of amides is 1. The van der Waals surface area contributed by atoms with E-state index >= 15 is 4.39 Å². The van der Waals surface area contributed by atoms with Crippen molar-refractivity contribution in [3.8, 4) is 11.4 Å². The second-order valence-corrected chi connectivity index (χ2v) is 11.7. The largest absolute Gasteiger partial charge is 0.488 e. The standard InChI is InChI=1S/C33H31F3N2O5/c1-32(2)19-43-33(11-12-37(27(39)16-33)17-28(40)41-3)30-29-25(38(31(30)32)22-9-10-23(35)24(36)15-22)13-21(34)14-26(29)42-18-20-7-5-4-6-8-20/h4-10,13-15H,11-12,16-19H2,1-3H3. The fourth-order valence-corrected chi connectivity index (χ4v) is 6.24. The van der Waals surface area contributed by atoms with Gasteiger partial charge in [0.2, 0.25) is 5.91 Å². The van der Waals surface area contributed by atoms with Crippen LogP contribution >= 0.6 is 0 Å².